The molecule has 1 fully saturated rings. The van der Waals surface area contributed by atoms with E-state index >= 15 is 0 Å². The lowest BCUT2D eigenvalue weighted by Crippen LogP contribution is -2.39. The predicted octanol–water partition coefficient (Wildman–Crippen LogP) is 2.21. The quantitative estimate of drug-likeness (QED) is 0.665. The van der Waals surface area contributed by atoms with Gasteiger partial charge < -0.3 is 15.0 Å². The van der Waals surface area contributed by atoms with E-state index in [4.69, 9.17) is 0 Å². The van der Waals surface area contributed by atoms with Gasteiger partial charge in [0, 0.05) is 25.7 Å². The van der Waals surface area contributed by atoms with Crippen molar-refractivity contribution >= 4 is 22.7 Å². The monoisotopic (exact) mass is 290 g/mol. The maximum atomic E-state index is 10.8. The first-order valence-electron chi connectivity index (χ1n) is 7.05. The Morgan fingerprint density at radius 2 is 2.19 bits per heavy atom. The van der Waals surface area contributed by atoms with Crippen LogP contribution in [0, 0.1) is 10.1 Å². The molecule has 1 aromatic heterocycles. The van der Waals surface area contributed by atoms with E-state index in [1.165, 1.54) is 12.1 Å². The molecule has 112 valence electrons. The Labute approximate surface area is 121 Å². The first-order chi connectivity index (χ1) is 9.97. The van der Waals surface area contributed by atoms with Crippen molar-refractivity contribution < 1.29 is 10.0 Å². The highest BCUT2D eigenvalue weighted by Crippen LogP contribution is 2.31. The summed E-state index contributed by atoms with van der Waals surface area (Å²) >= 11 is 0. The number of benzene rings is 1. The number of aliphatic hydroxyl groups is 1. The Hall–Kier alpha value is -2.15. The average molecular weight is 290 g/mol. The third kappa shape index (κ3) is 2.69. The fraction of sp³-hybridized carbons (Fsp3) is 0.500. The minimum absolute atomic E-state index is 0.0368. The van der Waals surface area contributed by atoms with E-state index in [1.54, 1.807) is 6.07 Å². The van der Waals surface area contributed by atoms with Crippen LogP contribution in [-0.2, 0) is 0 Å². The van der Waals surface area contributed by atoms with Crippen LogP contribution in [0.2, 0.25) is 0 Å². The van der Waals surface area contributed by atoms with Crippen LogP contribution in [-0.4, -0.2) is 39.2 Å². The largest absolute Gasteiger partial charge is 0.388 e. The molecule has 1 saturated carbocycles. The molecule has 3 rings (SSSR count). The van der Waals surface area contributed by atoms with Gasteiger partial charge in [-0.2, -0.15) is 0 Å². The molecule has 0 unspecified atom stereocenters. The van der Waals surface area contributed by atoms with Crippen LogP contribution in [0.5, 0.6) is 0 Å². The van der Waals surface area contributed by atoms with Crippen LogP contribution >= 0.6 is 0 Å². The van der Waals surface area contributed by atoms with Crippen molar-refractivity contribution in [3.8, 4) is 0 Å². The van der Waals surface area contributed by atoms with Crippen molar-refractivity contribution in [2.75, 3.05) is 18.5 Å². The zero-order valence-electron chi connectivity index (χ0n) is 11.9. The predicted molar refractivity (Wildman–Crippen MR) is 79.4 cm³/mol. The zero-order chi connectivity index (χ0) is 15.0. The van der Waals surface area contributed by atoms with Crippen molar-refractivity contribution in [3.63, 3.8) is 0 Å². The summed E-state index contributed by atoms with van der Waals surface area (Å²) in [5.74, 6) is 0.617. The number of nitro groups is 1. The Morgan fingerprint density at radius 1 is 1.48 bits per heavy atom. The van der Waals surface area contributed by atoms with E-state index in [9.17, 15) is 15.2 Å². The van der Waals surface area contributed by atoms with Crippen molar-refractivity contribution in [1.82, 2.24) is 9.97 Å². The highest BCUT2D eigenvalue weighted by Gasteiger charge is 2.32. The summed E-state index contributed by atoms with van der Waals surface area (Å²) < 4.78 is 0. The second kappa shape index (κ2) is 5.00. The van der Waals surface area contributed by atoms with E-state index in [-0.39, 0.29) is 5.69 Å². The average Bonchev–Trinajstić information content (AvgIpc) is 3.03. The number of aromatic nitrogens is 2. The number of likely N-dealkylation sites (N-methyl/N-ethyl adjacent to an activating group) is 1. The van der Waals surface area contributed by atoms with E-state index in [0.717, 1.165) is 25.7 Å². The number of nitrogens with one attached hydrogen (secondary N) is 1. The molecule has 7 nitrogen and oxygen atoms in total. The number of non-ortho nitro benzene ring substituents is 1. The molecule has 2 aromatic rings. The minimum atomic E-state index is -0.653. The third-order valence-electron chi connectivity index (χ3n) is 4.09. The maximum Gasteiger partial charge on any atom is 0.271 e. The van der Waals surface area contributed by atoms with Gasteiger partial charge in [0.2, 0.25) is 5.95 Å². The lowest BCUT2D eigenvalue weighted by atomic mass is 10.0. The summed E-state index contributed by atoms with van der Waals surface area (Å²) in [5.41, 5.74) is 0.694. The van der Waals surface area contributed by atoms with E-state index in [2.05, 4.69) is 9.97 Å². The molecule has 0 aliphatic heterocycles. The lowest BCUT2D eigenvalue weighted by Gasteiger charge is -2.28. The Balaban J connectivity index is 1.84. The van der Waals surface area contributed by atoms with Gasteiger partial charge in [-0.05, 0) is 18.9 Å². The van der Waals surface area contributed by atoms with Gasteiger partial charge in [-0.25, -0.2) is 4.98 Å². The van der Waals surface area contributed by atoms with Crippen LogP contribution in [0.3, 0.4) is 0 Å². The van der Waals surface area contributed by atoms with Crippen LogP contribution in [0.25, 0.3) is 11.0 Å². The van der Waals surface area contributed by atoms with Crippen molar-refractivity contribution in [1.29, 1.82) is 0 Å². The highest BCUT2D eigenvalue weighted by molar-refractivity contribution is 5.80. The van der Waals surface area contributed by atoms with Crippen LogP contribution in [0.1, 0.15) is 25.7 Å². The van der Waals surface area contributed by atoms with Crippen LogP contribution in [0.15, 0.2) is 18.2 Å². The summed E-state index contributed by atoms with van der Waals surface area (Å²) in [5, 5.41) is 21.2. The minimum Gasteiger partial charge on any atom is -0.388 e. The smallest absolute Gasteiger partial charge is 0.271 e. The summed E-state index contributed by atoms with van der Waals surface area (Å²) in [6.45, 7) is 0.509. The fourth-order valence-electron chi connectivity index (χ4n) is 2.99. The molecule has 1 heterocycles. The standard InChI is InChI=1S/C14H18N4O3/c1-17(9-14(19)6-2-3-7-14)13-15-11-5-4-10(18(20)21)8-12(11)16-13/h4-5,8,19H,2-3,6-7,9H2,1H3,(H,15,16). The van der Waals surface area contributed by atoms with E-state index < -0.39 is 10.5 Å². The Bertz CT molecular complexity index is 676. The van der Waals surface area contributed by atoms with Gasteiger partial charge in [-0.3, -0.25) is 10.1 Å². The molecule has 0 saturated heterocycles. The lowest BCUT2D eigenvalue weighted by molar-refractivity contribution is -0.384. The number of nitrogens with zero attached hydrogens (tertiary/aromatic N) is 3. The van der Waals surface area contributed by atoms with Gasteiger partial charge >= 0.3 is 0 Å². The molecule has 0 radical (unpaired) electrons. The van der Waals surface area contributed by atoms with Gasteiger partial charge in [-0.15, -0.1) is 0 Å². The second-order valence-electron chi connectivity index (χ2n) is 5.81. The molecule has 1 aliphatic rings. The normalized spacial score (nSPS) is 17.2. The molecule has 21 heavy (non-hydrogen) atoms. The fourth-order valence-corrected chi connectivity index (χ4v) is 2.99. The van der Waals surface area contributed by atoms with Gasteiger partial charge in [0.05, 0.1) is 21.6 Å². The number of rotatable bonds is 4. The molecular formula is C14H18N4O3. The van der Waals surface area contributed by atoms with Crippen molar-refractivity contribution in [2.45, 2.75) is 31.3 Å². The molecule has 0 bridgehead atoms. The maximum absolute atomic E-state index is 10.8. The molecular weight excluding hydrogens is 272 g/mol. The first-order valence-corrected chi connectivity index (χ1v) is 7.05. The van der Waals surface area contributed by atoms with Crippen molar-refractivity contribution in [3.05, 3.63) is 28.3 Å². The number of hydrogen-bond acceptors (Lipinski definition) is 5. The highest BCUT2D eigenvalue weighted by atomic mass is 16.6. The molecule has 0 atom stereocenters. The molecule has 2 N–H and O–H groups in total. The van der Waals surface area contributed by atoms with Gasteiger partial charge in [0.1, 0.15) is 0 Å². The number of hydrogen-bond donors (Lipinski definition) is 2. The molecule has 7 heteroatoms. The van der Waals surface area contributed by atoms with Gasteiger partial charge in [-0.1, -0.05) is 12.8 Å². The number of fused-ring (bicyclic) bond motifs is 1. The number of nitro benzene ring substituents is 1. The number of anilines is 1. The van der Waals surface area contributed by atoms with E-state index in [1.807, 2.05) is 11.9 Å². The summed E-state index contributed by atoms with van der Waals surface area (Å²) in [4.78, 5) is 19.7. The SMILES string of the molecule is CN(CC1(O)CCCC1)c1nc2ccc([N+](=O)[O-])cc2[nH]1. The number of aromatic amines is 1. The van der Waals surface area contributed by atoms with Crippen LogP contribution in [0.4, 0.5) is 11.6 Å². The first kappa shape index (κ1) is 13.8. The molecule has 1 aliphatic carbocycles. The van der Waals surface area contributed by atoms with Gasteiger partial charge in [0.15, 0.2) is 0 Å². The molecule has 0 amide bonds. The summed E-state index contributed by atoms with van der Waals surface area (Å²) in [7, 11) is 1.86. The zero-order valence-corrected chi connectivity index (χ0v) is 11.9. The number of imidazole rings is 1. The molecule has 0 spiro atoms. The van der Waals surface area contributed by atoms with Gasteiger partial charge in [0.25, 0.3) is 5.69 Å². The topological polar surface area (TPSA) is 95.3 Å². The summed E-state index contributed by atoms with van der Waals surface area (Å²) in [6.07, 6.45) is 3.72. The summed E-state index contributed by atoms with van der Waals surface area (Å²) in [6, 6.07) is 4.55. The number of H-pyrrole nitrogens is 1. The molecule has 1 aromatic carbocycles. The second-order valence-corrected chi connectivity index (χ2v) is 5.81. The third-order valence-corrected chi connectivity index (χ3v) is 4.09. The van der Waals surface area contributed by atoms with Crippen molar-refractivity contribution in [2.24, 2.45) is 0 Å². The van der Waals surface area contributed by atoms with Crippen LogP contribution < -0.4 is 4.90 Å². The Kier molecular flexibility index (Phi) is 3.29. The Morgan fingerprint density at radius 3 is 2.86 bits per heavy atom. The van der Waals surface area contributed by atoms with E-state index in [0.29, 0.717) is 23.5 Å².